The number of carboxylic acid groups (broad SMARTS) is 1. The first kappa shape index (κ1) is 27.3. The van der Waals surface area contributed by atoms with Crippen LogP contribution in [0.5, 0.6) is 0 Å². The predicted octanol–water partition coefficient (Wildman–Crippen LogP) is 6.19. The summed E-state index contributed by atoms with van der Waals surface area (Å²) in [7, 11) is 0. The molecular weight excluding hydrogens is 536 g/mol. The highest BCUT2D eigenvalue weighted by atomic mass is 32.1. The van der Waals surface area contributed by atoms with E-state index in [0.717, 1.165) is 60.9 Å². The van der Waals surface area contributed by atoms with Gasteiger partial charge in [-0.25, -0.2) is 9.97 Å². The molecule has 4 heterocycles. The van der Waals surface area contributed by atoms with Crippen molar-refractivity contribution >= 4 is 40.1 Å². The van der Waals surface area contributed by atoms with Gasteiger partial charge >= 0.3 is 5.97 Å². The molecule has 0 unspecified atom stereocenters. The number of hydrogen-bond donors (Lipinski definition) is 1. The van der Waals surface area contributed by atoms with Gasteiger partial charge in [-0.05, 0) is 42.4 Å². The van der Waals surface area contributed by atoms with Gasteiger partial charge in [0.25, 0.3) is 0 Å². The Hall–Kier alpha value is -3.85. The topological polar surface area (TPSA) is 104 Å². The van der Waals surface area contributed by atoms with Crippen LogP contribution >= 0.6 is 11.3 Å². The molecule has 41 heavy (non-hydrogen) atoms. The monoisotopic (exact) mass is 570 g/mol. The van der Waals surface area contributed by atoms with Gasteiger partial charge < -0.3 is 5.11 Å². The lowest BCUT2D eigenvalue weighted by Gasteiger charge is -2.34. The summed E-state index contributed by atoms with van der Waals surface area (Å²) in [6.45, 7) is 1.07. The molecule has 0 radical (unpaired) electrons. The lowest BCUT2D eigenvalue weighted by Crippen LogP contribution is -2.43. The maximum absolute atomic E-state index is 14.0. The number of pyridine rings is 1. The summed E-state index contributed by atoms with van der Waals surface area (Å²) in [6, 6.07) is 11.8. The first-order valence-electron chi connectivity index (χ1n) is 14.5. The van der Waals surface area contributed by atoms with Crippen LogP contribution < -0.4 is 9.80 Å². The van der Waals surface area contributed by atoms with E-state index in [-0.39, 0.29) is 24.2 Å². The minimum Gasteiger partial charge on any atom is -0.481 e. The van der Waals surface area contributed by atoms with E-state index in [1.807, 2.05) is 47.9 Å². The highest BCUT2D eigenvalue weighted by Crippen LogP contribution is 2.41. The fourth-order valence-electron chi connectivity index (χ4n) is 6.64. The number of aromatic nitrogens is 2. The molecule has 2 fully saturated rings. The Bertz CT molecular complexity index is 1460. The second-order valence-electron chi connectivity index (χ2n) is 11.2. The predicted molar refractivity (Wildman–Crippen MR) is 160 cm³/mol. The molecule has 2 aromatic heterocycles. The molecule has 3 aliphatic rings. The van der Waals surface area contributed by atoms with E-state index in [4.69, 9.17) is 4.98 Å². The normalized spacial score (nSPS) is 21.9. The molecule has 212 valence electrons. The van der Waals surface area contributed by atoms with Crippen molar-refractivity contribution < 1.29 is 19.5 Å². The van der Waals surface area contributed by atoms with Gasteiger partial charge in [0.05, 0.1) is 18.0 Å². The molecule has 6 rings (SSSR count). The first-order valence-corrected chi connectivity index (χ1v) is 15.4. The third-order valence-corrected chi connectivity index (χ3v) is 9.56. The summed E-state index contributed by atoms with van der Waals surface area (Å²) in [5, 5.41) is 12.3. The second-order valence-corrected chi connectivity index (χ2v) is 12.0. The molecule has 1 aliphatic carbocycles. The third kappa shape index (κ3) is 5.68. The van der Waals surface area contributed by atoms with Crippen LogP contribution in [0, 0.1) is 17.8 Å². The van der Waals surface area contributed by atoms with Crippen molar-refractivity contribution in [2.75, 3.05) is 22.9 Å². The van der Waals surface area contributed by atoms with Gasteiger partial charge in [-0.2, -0.15) is 0 Å². The zero-order valence-electron chi connectivity index (χ0n) is 22.9. The van der Waals surface area contributed by atoms with Gasteiger partial charge in [-0.3, -0.25) is 24.2 Å². The van der Waals surface area contributed by atoms with Gasteiger partial charge in [0.2, 0.25) is 11.8 Å². The largest absolute Gasteiger partial charge is 0.481 e. The van der Waals surface area contributed by atoms with Crippen LogP contribution in [-0.4, -0.2) is 45.9 Å². The molecular formula is C32H34N4O4S. The molecule has 2 amide bonds. The van der Waals surface area contributed by atoms with Crippen LogP contribution in [0.25, 0.3) is 22.4 Å². The summed E-state index contributed by atoms with van der Waals surface area (Å²) >= 11 is 1.40. The van der Waals surface area contributed by atoms with Gasteiger partial charge in [0.15, 0.2) is 5.13 Å². The summed E-state index contributed by atoms with van der Waals surface area (Å²) in [5.74, 6) is -0.443. The minimum atomic E-state index is -0.932. The molecule has 0 spiro atoms. The summed E-state index contributed by atoms with van der Waals surface area (Å²) < 4.78 is 0. The Morgan fingerprint density at radius 3 is 2.51 bits per heavy atom. The van der Waals surface area contributed by atoms with Crippen molar-refractivity contribution in [2.45, 2.75) is 51.4 Å². The van der Waals surface area contributed by atoms with Crippen molar-refractivity contribution in [3.05, 3.63) is 60.1 Å². The minimum absolute atomic E-state index is 0.0339. The smallest absolute Gasteiger partial charge is 0.304 e. The van der Waals surface area contributed by atoms with E-state index in [9.17, 15) is 19.5 Å². The van der Waals surface area contributed by atoms with Gasteiger partial charge in [0, 0.05) is 42.2 Å². The highest BCUT2D eigenvalue weighted by Gasteiger charge is 2.39. The van der Waals surface area contributed by atoms with Crippen LogP contribution in [0.15, 0.2) is 60.1 Å². The second kappa shape index (κ2) is 11.9. The number of allylic oxidation sites excluding steroid dienone is 1. The maximum Gasteiger partial charge on any atom is 0.304 e. The van der Waals surface area contributed by atoms with Crippen molar-refractivity contribution in [2.24, 2.45) is 17.8 Å². The van der Waals surface area contributed by atoms with Crippen molar-refractivity contribution in [1.82, 2.24) is 9.97 Å². The molecule has 1 saturated heterocycles. The molecule has 1 N–H and O–H groups in total. The number of carboxylic acids is 1. The summed E-state index contributed by atoms with van der Waals surface area (Å²) in [5.41, 5.74) is 3.54. The summed E-state index contributed by atoms with van der Waals surface area (Å²) in [4.78, 5) is 50.9. The van der Waals surface area contributed by atoms with Crippen LogP contribution in [-0.2, 0) is 14.4 Å². The van der Waals surface area contributed by atoms with Crippen LogP contribution in [0.3, 0.4) is 0 Å². The number of rotatable bonds is 7. The molecule has 3 aromatic rings. The Labute approximate surface area is 243 Å². The van der Waals surface area contributed by atoms with Crippen LogP contribution in [0.2, 0.25) is 0 Å². The third-order valence-electron chi connectivity index (χ3n) is 8.70. The SMILES string of the molecule is O=C(O)C[C@@H]1C(=O)N(c2nc(-c3ccccc3-c3ccc(N4CCCC4=O)nc3)cs2)CC=CC[C@@H]1C1CCCC1. The number of carbonyl (C=O) groups excluding carboxylic acids is 2. The first-order chi connectivity index (χ1) is 20.0. The maximum atomic E-state index is 14.0. The molecule has 9 heteroatoms. The fraction of sp³-hybridized carbons (Fsp3) is 0.406. The molecule has 1 aromatic carbocycles. The number of nitrogens with zero attached hydrogens (tertiary/aromatic N) is 4. The Morgan fingerprint density at radius 1 is 1.00 bits per heavy atom. The zero-order chi connectivity index (χ0) is 28.3. The Balaban J connectivity index is 1.28. The van der Waals surface area contributed by atoms with Crippen LogP contribution in [0.4, 0.5) is 10.9 Å². The van der Waals surface area contributed by atoms with E-state index in [2.05, 4.69) is 11.1 Å². The average molecular weight is 571 g/mol. The van der Waals surface area contributed by atoms with E-state index >= 15 is 0 Å². The number of thiazole rings is 1. The molecule has 1 saturated carbocycles. The highest BCUT2D eigenvalue weighted by molar-refractivity contribution is 7.14. The van der Waals surface area contributed by atoms with E-state index in [1.165, 1.54) is 11.3 Å². The lowest BCUT2D eigenvalue weighted by atomic mass is 9.75. The molecule has 2 aliphatic heterocycles. The Kier molecular flexibility index (Phi) is 7.96. The molecule has 0 bridgehead atoms. The quantitative estimate of drug-likeness (QED) is 0.340. The molecule has 2 atom stereocenters. The standard InChI is InChI=1S/C32H34N4O4S/c37-29-13-7-17-35(29)28-15-14-22(19-33-28)24-10-3-4-12-25(24)27-20-41-32(34-27)36-16-6-5-11-23(21-8-1-2-9-21)26(31(36)40)18-30(38)39/h3-6,10,12,14-15,19-21,23,26H,1-2,7-9,11,13,16-18H2,(H,38,39)/t23-,26+/m1/s1. The van der Waals surface area contributed by atoms with Crippen LogP contribution in [0.1, 0.15) is 51.4 Å². The van der Waals surface area contributed by atoms with E-state index < -0.39 is 11.9 Å². The van der Waals surface area contributed by atoms with Gasteiger partial charge in [0.1, 0.15) is 5.82 Å². The van der Waals surface area contributed by atoms with Crippen molar-refractivity contribution in [3.63, 3.8) is 0 Å². The zero-order valence-corrected chi connectivity index (χ0v) is 23.8. The number of carbonyl (C=O) groups is 3. The fourth-order valence-corrected chi connectivity index (χ4v) is 7.48. The van der Waals surface area contributed by atoms with E-state index in [0.29, 0.717) is 36.4 Å². The molecule has 8 nitrogen and oxygen atoms in total. The van der Waals surface area contributed by atoms with E-state index in [1.54, 1.807) is 16.0 Å². The average Bonchev–Trinajstić information content (AvgIpc) is 3.76. The number of amides is 2. The summed E-state index contributed by atoms with van der Waals surface area (Å²) in [6.07, 6.45) is 12.3. The van der Waals surface area contributed by atoms with Crippen molar-refractivity contribution in [1.29, 1.82) is 0 Å². The van der Waals surface area contributed by atoms with Gasteiger partial charge in [-0.1, -0.05) is 62.1 Å². The lowest BCUT2D eigenvalue weighted by molar-refractivity contribution is -0.142. The Morgan fingerprint density at radius 2 is 1.80 bits per heavy atom. The number of hydrogen-bond acceptors (Lipinski definition) is 6. The number of anilines is 2. The number of aliphatic carboxylic acids is 1. The van der Waals surface area contributed by atoms with Crippen molar-refractivity contribution in [3.8, 4) is 22.4 Å². The number of benzene rings is 1. The van der Waals surface area contributed by atoms with Gasteiger partial charge in [-0.15, -0.1) is 11.3 Å².